The lowest BCUT2D eigenvalue weighted by atomic mass is 10.3. The first-order valence-electron chi connectivity index (χ1n) is 18.6. The van der Waals surface area contributed by atoms with Crippen molar-refractivity contribution in [2.45, 2.75) is 55.1 Å². The summed E-state index contributed by atoms with van der Waals surface area (Å²) in [6.07, 6.45) is 2.65. The van der Waals surface area contributed by atoms with Crippen LogP contribution in [0.1, 0.15) is 25.7 Å². The van der Waals surface area contributed by atoms with Gasteiger partial charge in [-0.25, -0.2) is 25.3 Å². The third-order valence-electron chi connectivity index (χ3n) is 9.00. The summed E-state index contributed by atoms with van der Waals surface area (Å²) in [7, 11) is -11.5. The Hall–Kier alpha value is -6.03. The van der Waals surface area contributed by atoms with Crippen molar-refractivity contribution in [3.05, 3.63) is 146 Å². The van der Waals surface area contributed by atoms with Gasteiger partial charge in [0.05, 0.1) is 46.0 Å². The van der Waals surface area contributed by atoms with E-state index in [1.807, 2.05) is 0 Å². The second-order valence-corrected chi connectivity index (χ2v) is 18.9. The number of sulfone groups is 3. The number of phenolic OH excluding ortho intramolecular Hbond substituents is 2. The van der Waals surface area contributed by atoms with Gasteiger partial charge in [0.15, 0.2) is 0 Å². The van der Waals surface area contributed by atoms with Crippen LogP contribution in [0.5, 0.6) is 34.5 Å². The average Bonchev–Trinajstić information content (AvgIpc) is 3.24. The molecule has 0 heterocycles. The molecule has 0 aromatic heterocycles. The van der Waals surface area contributed by atoms with Gasteiger partial charge in [-0.1, -0.05) is 24.3 Å². The van der Waals surface area contributed by atoms with E-state index < -0.39 is 29.5 Å². The van der Waals surface area contributed by atoms with Crippen LogP contribution in [0.25, 0.3) is 0 Å². The Morgan fingerprint density at radius 1 is 0.322 bits per heavy atom. The fraction of sp³-hybridized carbons (Fsp3) is 0.182. The third kappa shape index (κ3) is 10.7. The summed E-state index contributed by atoms with van der Waals surface area (Å²) in [4.78, 5) is 0.0111. The summed E-state index contributed by atoms with van der Waals surface area (Å²) in [5, 5.41) is 19.9. The minimum absolute atomic E-state index is 0.0445. The summed E-state index contributed by atoms with van der Waals surface area (Å²) < 4.78 is 101. The number of para-hydroxylation sites is 2. The van der Waals surface area contributed by atoms with E-state index in [1.165, 1.54) is 72.8 Å². The monoisotopic (exact) mass is 858 g/mol. The minimum Gasteiger partial charge on any atom is -0.507 e. The van der Waals surface area contributed by atoms with Crippen LogP contribution in [0, 0.1) is 0 Å². The van der Waals surface area contributed by atoms with E-state index in [0.29, 0.717) is 75.1 Å². The number of unbranched alkanes of at least 4 members (excludes halogenated alkanes) is 2. The van der Waals surface area contributed by atoms with Crippen LogP contribution in [0.2, 0.25) is 0 Å². The maximum atomic E-state index is 13.3. The Balaban J connectivity index is 0.866. The van der Waals surface area contributed by atoms with Crippen LogP contribution >= 0.6 is 0 Å². The number of phenols is 2. The fourth-order valence-electron chi connectivity index (χ4n) is 5.79. The number of rotatable bonds is 20. The van der Waals surface area contributed by atoms with Crippen molar-refractivity contribution in [2.75, 3.05) is 26.4 Å². The molecule has 0 fully saturated rings. The Labute approximate surface area is 344 Å². The molecule has 0 aliphatic rings. The largest absolute Gasteiger partial charge is 0.507 e. The molecule has 0 saturated heterocycles. The molecular formula is C44H42O12S3. The molecule has 0 amide bonds. The average molecular weight is 859 g/mol. The molecule has 59 heavy (non-hydrogen) atoms. The molecule has 0 radical (unpaired) electrons. The molecule has 12 nitrogen and oxygen atoms in total. The van der Waals surface area contributed by atoms with Crippen LogP contribution < -0.4 is 18.9 Å². The normalized spacial score (nSPS) is 11.8. The predicted molar refractivity (Wildman–Crippen MR) is 219 cm³/mol. The number of ether oxygens (including phenoxy) is 4. The Morgan fingerprint density at radius 2 is 0.559 bits per heavy atom. The van der Waals surface area contributed by atoms with Crippen LogP contribution in [-0.4, -0.2) is 61.9 Å². The van der Waals surface area contributed by atoms with Crippen molar-refractivity contribution in [1.82, 2.24) is 0 Å². The van der Waals surface area contributed by atoms with Gasteiger partial charge in [0.1, 0.15) is 44.3 Å². The van der Waals surface area contributed by atoms with Crippen LogP contribution in [0.4, 0.5) is 0 Å². The first kappa shape index (κ1) is 42.6. The first-order chi connectivity index (χ1) is 28.4. The number of aromatic hydroxyl groups is 2. The maximum Gasteiger partial charge on any atom is 0.210 e. The standard InChI is InChI=1S/C44H42O12S3/c45-41-9-1-3-11-43(41)58(49,50)39-25-17-35(18-26-39)55-31-7-5-29-53-33-13-21-37(22-14-33)57(47,48)38-23-15-34(16-24-38)54-30-6-8-32-56-36-19-27-40(28-20-36)59(51,52)44-12-4-2-10-42(44)46/h1-4,9-28,45-46H,5-8,29-32H2. The van der Waals surface area contributed by atoms with E-state index in [1.54, 1.807) is 72.8 Å². The Morgan fingerprint density at radius 3 is 0.814 bits per heavy atom. The van der Waals surface area contributed by atoms with Gasteiger partial charge < -0.3 is 29.2 Å². The summed E-state index contributed by atoms with van der Waals surface area (Å²) in [6, 6.07) is 35.9. The summed E-state index contributed by atoms with van der Waals surface area (Å²) in [5.41, 5.74) is 0. The number of benzene rings is 6. The van der Waals surface area contributed by atoms with Gasteiger partial charge >= 0.3 is 0 Å². The summed E-state index contributed by atoms with van der Waals surface area (Å²) in [5.74, 6) is 1.43. The molecule has 0 spiro atoms. The van der Waals surface area contributed by atoms with E-state index in [2.05, 4.69) is 0 Å². The van der Waals surface area contributed by atoms with Crippen molar-refractivity contribution in [1.29, 1.82) is 0 Å². The number of hydrogen-bond acceptors (Lipinski definition) is 12. The van der Waals surface area contributed by atoms with E-state index in [9.17, 15) is 35.5 Å². The molecule has 308 valence electrons. The summed E-state index contributed by atoms with van der Waals surface area (Å²) in [6.45, 7) is 1.52. The molecule has 0 atom stereocenters. The zero-order valence-corrected chi connectivity index (χ0v) is 34.2. The van der Waals surface area contributed by atoms with Crippen molar-refractivity contribution < 1.29 is 54.4 Å². The Kier molecular flexibility index (Phi) is 13.8. The molecular weight excluding hydrogens is 817 g/mol. The smallest absolute Gasteiger partial charge is 0.210 e. The van der Waals surface area contributed by atoms with Crippen LogP contribution in [0.15, 0.2) is 175 Å². The topological polar surface area (TPSA) is 180 Å². The van der Waals surface area contributed by atoms with E-state index >= 15 is 0 Å². The molecule has 6 rings (SSSR count). The molecule has 6 aromatic rings. The van der Waals surface area contributed by atoms with Gasteiger partial charge in [-0.05, 0) is 147 Å². The molecule has 0 saturated carbocycles. The molecule has 6 aromatic carbocycles. The highest BCUT2D eigenvalue weighted by molar-refractivity contribution is 7.92. The van der Waals surface area contributed by atoms with Crippen LogP contribution in [-0.2, 0) is 29.5 Å². The van der Waals surface area contributed by atoms with E-state index in [0.717, 1.165) is 0 Å². The van der Waals surface area contributed by atoms with Gasteiger partial charge in [0, 0.05) is 0 Å². The van der Waals surface area contributed by atoms with E-state index in [-0.39, 0.29) is 40.9 Å². The number of hydrogen-bond donors (Lipinski definition) is 2. The highest BCUT2D eigenvalue weighted by Gasteiger charge is 2.22. The third-order valence-corrected chi connectivity index (χ3v) is 14.4. The van der Waals surface area contributed by atoms with Crippen molar-refractivity contribution in [2.24, 2.45) is 0 Å². The zero-order chi connectivity index (χ0) is 41.9. The minimum atomic E-state index is -3.87. The van der Waals surface area contributed by atoms with Crippen molar-refractivity contribution >= 4 is 29.5 Å². The van der Waals surface area contributed by atoms with Gasteiger partial charge in [-0.3, -0.25) is 0 Å². The second-order valence-electron chi connectivity index (χ2n) is 13.1. The molecule has 2 N–H and O–H groups in total. The lowest BCUT2D eigenvalue weighted by Gasteiger charge is -2.11. The van der Waals surface area contributed by atoms with E-state index in [4.69, 9.17) is 18.9 Å². The molecule has 15 heteroatoms. The van der Waals surface area contributed by atoms with Gasteiger partial charge in [0.2, 0.25) is 29.5 Å². The zero-order valence-electron chi connectivity index (χ0n) is 31.7. The first-order valence-corrected chi connectivity index (χ1v) is 23.0. The van der Waals surface area contributed by atoms with Gasteiger partial charge in [0.25, 0.3) is 0 Å². The highest BCUT2D eigenvalue weighted by Crippen LogP contribution is 2.31. The lowest BCUT2D eigenvalue weighted by Crippen LogP contribution is -2.05. The fourth-order valence-corrected chi connectivity index (χ4v) is 9.75. The highest BCUT2D eigenvalue weighted by atomic mass is 32.2. The molecule has 0 unspecified atom stereocenters. The second kappa shape index (κ2) is 19.1. The maximum absolute atomic E-state index is 13.3. The predicted octanol–water partition coefficient (Wildman–Crippen LogP) is 8.07. The SMILES string of the molecule is O=S(=O)(c1ccc(OCCCCOc2ccc(S(=O)(=O)c3ccccc3O)cc2)cc1)c1ccc(OCCCCOc2ccc(S(=O)(=O)c3ccccc3O)cc2)cc1. The molecule has 0 aliphatic heterocycles. The van der Waals surface area contributed by atoms with Crippen LogP contribution in [0.3, 0.4) is 0 Å². The quantitative estimate of drug-likeness (QED) is 0.0707. The molecule has 0 bridgehead atoms. The van der Waals surface area contributed by atoms with Crippen molar-refractivity contribution in [3.63, 3.8) is 0 Å². The van der Waals surface area contributed by atoms with Gasteiger partial charge in [-0.15, -0.1) is 0 Å². The summed E-state index contributed by atoms with van der Waals surface area (Å²) >= 11 is 0. The lowest BCUT2D eigenvalue weighted by molar-refractivity contribution is 0.266. The van der Waals surface area contributed by atoms with Crippen molar-refractivity contribution in [3.8, 4) is 34.5 Å². The molecule has 0 aliphatic carbocycles. The Bertz CT molecular complexity index is 2470. The van der Waals surface area contributed by atoms with Gasteiger partial charge in [-0.2, -0.15) is 0 Å².